The lowest BCUT2D eigenvalue weighted by atomic mass is 9.83. The van der Waals surface area contributed by atoms with Crippen LogP contribution in [0.25, 0.3) is 5.65 Å². The zero-order chi connectivity index (χ0) is 13.9. The monoisotopic (exact) mass is 272 g/mol. The predicted molar refractivity (Wildman–Crippen MR) is 82.0 cm³/mol. The fourth-order valence-corrected chi connectivity index (χ4v) is 3.30. The summed E-state index contributed by atoms with van der Waals surface area (Å²) >= 11 is 0. The Kier molecular flexibility index (Phi) is 3.90. The smallest absolute Gasteiger partial charge is 0.243 e. The number of nitrogens with zero attached hydrogens (tertiary/aromatic N) is 3. The van der Waals surface area contributed by atoms with Crippen LogP contribution in [-0.4, -0.2) is 20.6 Å². The molecule has 2 aromatic rings. The summed E-state index contributed by atoms with van der Waals surface area (Å²) < 4.78 is 1.87. The van der Waals surface area contributed by atoms with Gasteiger partial charge in [-0.15, -0.1) is 5.10 Å². The summed E-state index contributed by atoms with van der Waals surface area (Å²) in [6.45, 7) is 4.33. The SMILES string of the molecule is CCC(Nc1nc2ccc(C)cn2n1)C1CCCCC1. The molecule has 1 saturated carbocycles. The van der Waals surface area contributed by atoms with Crippen molar-refractivity contribution in [1.29, 1.82) is 0 Å². The molecule has 20 heavy (non-hydrogen) atoms. The average molecular weight is 272 g/mol. The van der Waals surface area contributed by atoms with Gasteiger partial charge in [-0.05, 0) is 43.7 Å². The van der Waals surface area contributed by atoms with Crippen molar-refractivity contribution in [2.45, 2.75) is 58.4 Å². The van der Waals surface area contributed by atoms with Crippen molar-refractivity contribution in [3.05, 3.63) is 23.9 Å². The van der Waals surface area contributed by atoms with Crippen LogP contribution in [0.1, 0.15) is 51.0 Å². The van der Waals surface area contributed by atoms with Gasteiger partial charge in [0.05, 0.1) is 0 Å². The largest absolute Gasteiger partial charge is 0.350 e. The molecule has 2 heterocycles. The number of fused-ring (bicyclic) bond motifs is 1. The highest BCUT2D eigenvalue weighted by Gasteiger charge is 2.23. The zero-order valence-corrected chi connectivity index (χ0v) is 12.5. The summed E-state index contributed by atoms with van der Waals surface area (Å²) in [5.41, 5.74) is 2.12. The first-order valence-corrected chi connectivity index (χ1v) is 7.86. The van der Waals surface area contributed by atoms with Gasteiger partial charge in [0, 0.05) is 12.2 Å². The summed E-state index contributed by atoms with van der Waals surface area (Å²) in [6.07, 6.45) is 10.0. The topological polar surface area (TPSA) is 42.2 Å². The van der Waals surface area contributed by atoms with Gasteiger partial charge in [0.1, 0.15) is 0 Å². The maximum atomic E-state index is 4.58. The lowest BCUT2D eigenvalue weighted by molar-refractivity contribution is 0.312. The summed E-state index contributed by atoms with van der Waals surface area (Å²) in [7, 11) is 0. The molecule has 1 fully saturated rings. The molecule has 0 saturated heterocycles. The van der Waals surface area contributed by atoms with Crippen molar-refractivity contribution < 1.29 is 0 Å². The van der Waals surface area contributed by atoms with Gasteiger partial charge in [0.25, 0.3) is 0 Å². The number of nitrogens with one attached hydrogen (secondary N) is 1. The molecule has 0 aromatic carbocycles. The molecule has 3 rings (SSSR count). The van der Waals surface area contributed by atoms with Crippen molar-refractivity contribution in [3.63, 3.8) is 0 Å². The number of aromatic nitrogens is 3. The van der Waals surface area contributed by atoms with Gasteiger partial charge in [-0.25, -0.2) is 4.52 Å². The van der Waals surface area contributed by atoms with E-state index in [1.165, 1.54) is 37.7 Å². The average Bonchev–Trinajstić information content (AvgIpc) is 2.87. The molecule has 1 N–H and O–H groups in total. The minimum absolute atomic E-state index is 0.508. The first-order chi connectivity index (χ1) is 9.76. The molecule has 0 radical (unpaired) electrons. The fraction of sp³-hybridized carbons (Fsp3) is 0.625. The van der Waals surface area contributed by atoms with Gasteiger partial charge in [-0.2, -0.15) is 4.98 Å². The molecule has 0 spiro atoms. The summed E-state index contributed by atoms with van der Waals surface area (Å²) in [4.78, 5) is 4.58. The van der Waals surface area contributed by atoms with E-state index in [-0.39, 0.29) is 0 Å². The third-order valence-corrected chi connectivity index (χ3v) is 4.45. The Morgan fingerprint density at radius 2 is 2.10 bits per heavy atom. The van der Waals surface area contributed by atoms with Crippen LogP contribution >= 0.6 is 0 Å². The molecular weight excluding hydrogens is 248 g/mol. The molecule has 1 aliphatic rings. The van der Waals surface area contributed by atoms with E-state index in [2.05, 4.69) is 35.3 Å². The minimum Gasteiger partial charge on any atom is -0.350 e. The standard InChI is InChI=1S/C16H24N4/c1-3-14(13-7-5-4-6-8-13)17-16-18-15-10-9-12(2)11-20(15)19-16/h9-11,13-14H,3-8H2,1-2H3,(H,17,19). The molecule has 108 valence electrons. The molecule has 0 aliphatic heterocycles. The lowest BCUT2D eigenvalue weighted by Crippen LogP contribution is -2.30. The van der Waals surface area contributed by atoms with Crippen molar-refractivity contribution >= 4 is 11.6 Å². The van der Waals surface area contributed by atoms with E-state index in [4.69, 9.17) is 0 Å². The van der Waals surface area contributed by atoms with Gasteiger partial charge >= 0.3 is 0 Å². The first kappa shape index (κ1) is 13.4. The molecular formula is C16H24N4. The molecule has 0 amide bonds. The van der Waals surface area contributed by atoms with E-state index < -0.39 is 0 Å². The Morgan fingerprint density at radius 1 is 1.30 bits per heavy atom. The van der Waals surface area contributed by atoms with Crippen LogP contribution in [0.15, 0.2) is 18.3 Å². The summed E-state index contributed by atoms with van der Waals surface area (Å²) in [6, 6.07) is 4.61. The van der Waals surface area contributed by atoms with E-state index in [1.54, 1.807) is 0 Å². The highest BCUT2D eigenvalue weighted by molar-refractivity contribution is 5.44. The Labute approximate surface area is 120 Å². The van der Waals surface area contributed by atoms with E-state index >= 15 is 0 Å². The predicted octanol–water partition coefficient (Wildman–Crippen LogP) is 3.81. The quantitative estimate of drug-likeness (QED) is 0.920. The zero-order valence-electron chi connectivity index (χ0n) is 12.5. The van der Waals surface area contributed by atoms with Crippen molar-refractivity contribution in [2.24, 2.45) is 5.92 Å². The van der Waals surface area contributed by atoms with Gasteiger partial charge in [-0.3, -0.25) is 0 Å². The Bertz CT molecular complexity index is 569. The summed E-state index contributed by atoms with van der Waals surface area (Å²) in [5.74, 6) is 1.55. The third-order valence-electron chi connectivity index (χ3n) is 4.45. The fourth-order valence-electron chi connectivity index (χ4n) is 3.30. The summed E-state index contributed by atoms with van der Waals surface area (Å²) in [5, 5.41) is 8.11. The Balaban J connectivity index is 1.76. The molecule has 4 heteroatoms. The second-order valence-corrected chi connectivity index (χ2v) is 6.00. The minimum atomic E-state index is 0.508. The molecule has 0 bridgehead atoms. The highest BCUT2D eigenvalue weighted by Crippen LogP contribution is 2.29. The number of hydrogen-bond donors (Lipinski definition) is 1. The van der Waals surface area contributed by atoms with E-state index in [0.29, 0.717) is 6.04 Å². The van der Waals surface area contributed by atoms with Crippen LogP contribution in [0, 0.1) is 12.8 Å². The number of anilines is 1. The van der Waals surface area contributed by atoms with Crippen molar-refractivity contribution in [3.8, 4) is 0 Å². The number of pyridine rings is 1. The normalized spacial score (nSPS) is 18.3. The molecule has 1 unspecified atom stereocenters. The molecule has 1 atom stereocenters. The molecule has 1 aliphatic carbocycles. The van der Waals surface area contributed by atoms with Crippen LogP contribution in [0.2, 0.25) is 0 Å². The van der Waals surface area contributed by atoms with Crippen molar-refractivity contribution in [1.82, 2.24) is 14.6 Å². The van der Waals surface area contributed by atoms with Crippen LogP contribution in [0.3, 0.4) is 0 Å². The lowest BCUT2D eigenvalue weighted by Gasteiger charge is -2.29. The third kappa shape index (κ3) is 2.79. The van der Waals surface area contributed by atoms with E-state index in [9.17, 15) is 0 Å². The van der Waals surface area contributed by atoms with Gasteiger partial charge < -0.3 is 5.32 Å². The molecule has 2 aromatic heterocycles. The maximum Gasteiger partial charge on any atom is 0.243 e. The second-order valence-electron chi connectivity index (χ2n) is 6.00. The van der Waals surface area contributed by atoms with Crippen LogP contribution in [-0.2, 0) is 0 Å². The van der Waals surface area contributed by atoms with Gasteiger partial charge in [-0.1, -0.05) is 32.3 Å². The Morgan fingerprint density at radius 3 is 2.85 bits per heavy atom. The van der Waals surface area contributed by atoms with Gasteiger partial charge in [0.15, 0.2) is 5.65 Å². The second kappa shape index (κ2) is 5.81. The molecule has 4 nitrogen and oxygen atoms in total. The van der Waals surface area contributed by atoms with E-state index in [1.807, 2.05) is 16.8 Å². The number of rotatable bonds is 4. The van der Waals surface area contributed by atoms with Crippen LogP contribution in [0.4, 0.5) is 5.95 Å². The highest BCUT2D eigenvalue weighted by atomic mass is 15.3. The first-order valence-electron chi connectivity index (χ1n) is 7.86. The van der Waals surface area contributed by atoms with Crippen molar-refractivity contribution in [2.75, 3.05) is 5.32 Å². The van der Waals surface area contributed by atoms with Crippen LogP contribution in [0.5, 0.6) is 0 Å². The van der Waals surface area contributed by atoms with Crippen LogP contribution < -0.4 is 5.32 Å². The number of aryl methyl sites for hydroxylation is 1. The maximum absolute atomic E-state index is 4.58. The Hall–Kier alpha value is -1.58. The van der Waals surface area contributed by atoms with Gasteiger partial charge in [0.2, 0.25) is 5.95 Å². The van der Waals surface area contributed by atoms with E-state index in [0.717, 1.165) is 23.9 Å². The number of hydrogen-bond acceptors (Lipinski definition) is 3.